The van der Waals surface area contributed by atoms with Crippen molar-refractivity contribution in [1.82, 2.24) is 14.5 Å². The summed E-state index contributed by atoms with van der Waals surface area (Å²) in [5, 5.41) is 10.2. The number of nitrogens with zero attached hydrogens (tertiary/aromatic N) is 3. The van der Waals surface area contributed by atoms with Crippen LogP contribution in [-0.4, -0.2) is 25.2 Å². The van der Waals surface area contributed by atoms with Crippen LogP contribution in [0.15, 0.2) is 72.9 Å². The van der Waals surface area contributed by atoms with E-state index >= 15 is 0 Å². The van der Waals surface area contributed by atoms with Crippen molar-refractivity contribution in [3.8, 4) is 39.8 Å². The fraction of sp³-hybridized carbons (Fsp3) is 0.231. The van der Waals surface area contributed by atoms with Gasteiger partial charge >= 0.3 is 0 Å². The first-order valence-electron chi connectivity index (χ1n) is 10.8. The molecule has 3 N–H and O–H groups in total. The average Bonchev–Trinajstić information content (AvgIpc) is 3.18. The van der Waals surface area contributed by atoms with E-state index in [-0.39, 0.29) is 0 Å². The second-order valence-electron chi connectivity index (χ2n) is 9.14. The molecule has 6 heteroatoms. The first-order chi connectivity index (χ1) is 15.4. The van der Waals surface area contributed by atoms with Gasteiger partial charge in [0, 0.05) is 22.9 Å². The Morgan fingerprint density at radius 2 is 1.72 bits per heavy atom. The van der Waals surface area contributed by atoms with Crippen LogP contribution in [0.4, 0.5) is 0 Å². The van der Waals surface area contributed by atoms with Crippen molar-refractivity contribution in [3.63, 3.8) is 0 Å². The molecular formula is C26H24N4O2. The lowest BCUT2D eigenvalue weighted by Crippen LogP contribution is -2.58. The maximum atomic E-state index is 10.2. The Labute approximate surface area is 186 Å². The normalized spacial score (nSPS) is 23.6. The number of aromatic nitrogens is 3. The molecular weight excluding hydrogens is 400 g/mol. The monoisotopic (exact) mass is 424 g/mol. The lowest BCUT2D eigenvalue weighted by Gasteiger charge is -2.49. The van der Waals surface area contributed by atoms with Crippen molar-refractivity contribution < 1.29 is 9.84 Å². The number of benzene rings is 2. The van der Waals surface area contributed by atoms with E-state index in [1.54, 1.807) is 6.20 Å². The Morgan fingerprint density at radius 1 is 0.969 bits per heavy atom. The van der Waals surface area contributed by atoms with E-state index in [4.69, 9.17) is 15.5 Å². The number of nitrogens with two attached hydrogens (primary N) is 1. The van der Waals surface area contributed by atoms with Crippen LogP contribution in [0.1, 0.15) is 25.3 Å². The summed E-state index contributed by atoms with van der Waals surface area (Å²) in [4.78, 5) is 9.42. The molecule has 32 heavy (non-hydrogen) atoms. The molecule has 1 fully saturated rings. The Kier molecular flexibility index (Phi) is 4.06. The highest BCUT2D eigenvalue weighted by atomic mass is 16.5. The predicted octanol–water partition coefficient (Wildman–Crippen LogP) is 4.33. The van der Waals surface area contributed by atoms with Gasteiger partial charge in [0.25, 0.3) is 0 Å². The van der Waals surface area contributed by atoms with Crippen LogP contribution in [0.2, 0.25) is 0 Å². The van der Waals surface area contributed by atoms with Gasteiger partial charge in [-0.3, -0.25) is 4.57 Å². The minimum atomic E-state index is -0.682. The Bertz CT molecular complexity index is 1300. The van der Waals surface area contributed by atoms with Crippen molar-refractivity contribution in [3.05, 3.63) is 78.5 Å². The summed E-state index contributed by atoms with van der Waals surface area (Å²) in [6.07, 6.45) is 2.86. The lowest BCUT2D eigenvalue weighted by atomic mass is 9.63. The Balaban J connectivity index is 1.48. The Morgan fingerprint density at radius 3 is 2.44 bits per heavy atom. The van der Waals surface area contributed by atoms with Crippen molar-refractivity contribution in [2.45, 2.75) is 37.6 Å². The average molecular weight is 425 g/mol. The van der Waals surface area contributed by atoms with Gasteiger partial charge < -0.3 is 15.6 Å². The van der Waals surface area contributed by atoms with Crippen molar-refractivity contribution in [2.75, 3.05) is 0 Å². The number of rotatable bonds is 3. The Hall–Kier alpha value is -3.48. The maximum Gasteiger partial charge on any atom is 0.226 e. The summed E-state index contributed by atoms with van der Waals surface area (Å²) >= 11 is 0. The van der Waals surface area contributed by atoms with E-state index in [2.05, 4.69) is 45.9 Å². The molecule has 6 nitrogen and oxygen atoms in total. The van der Waals surface area contributed by atoms with E-state index < -0.39 is 11.1 Å². The second kappa shape index (κ2) is 6.76. The maximum absolute atomic E-state index is 10.2. The summed E-state index contributed by atoms with van der Waals surface area (Å²) in [6.45, 7) is 2.19. The first-order valence-corrected chi connectivity index (χ1v) is 10.8. The standard InChI is InChI=1S/C26H24N4O2/c1-25(31)14-26(27,15-25)19-11-9-17(10-12-19)21-22(18-6-3-2-4-7-18)30-16-32-24-20(23(30)29-21)8-5-13-28-24/h2-13,31H,14-16,27H2,1H3. The predicted molar refractivity (Wildman–Crippen MR) is 123 cm³/mol. The largest absolute Gasteiger partial charge is 0.455 e. The topological polar surface area (TPSA) is 86.2 Å². The minimum Gasteiger partial charge on any atom is -0.455 e. The molecule has 3 heterocycles. The molecule has 0 unspecified atom stereocenters. The SMILES string of the molecule is CC1(O)CC(N)(c2ccc(-c3nc4n(c3-c3ccccc3)COc3ncccc3-4)cc2)C1. The van der Waals surface area contributed by atoms with Crippen molar-refractivity contribution >= 4 is 0 Å². The van der Waals surface area contributed by atoms with Gasteiger partial charge in [-0.25, -0.2) is 9.97 Å². The number of aliphatic hydroxyl groups is 1. The van der Waals surface area contributed by atoms with Crippen LogP contribution in [0.3, 0.4) is 0 Å². The summed E-state index contributed by atoms with van der Waals surface area (Å²) in [6, 6.07) is 22.4. The fourth-order valence-electron chi connectivity index (χ4n) is 5.15. The van der Waals surface area contributed by atoms with Crippen molar-refractivity contribution in [1.29, 1.82) is 0 Å². The van der Waals surface area contributed by atoms with Gasteiger partial charge in [-0.05, 0) is 37.5 Å². The molecule has 0 atom stereocenters. The number of hydrogen-bond acceptors (Lipinski definition) is 5. The molecule has 4 aromatic rings. The van der Waals surface area contributed by atoms with E-state index in [1.165, 1.54) is 0 Å². The highest BCUT2D eigenvalue weighted by Gasteiger charge is 2.49. The molecule has 1 saturated carbocycles. The molecule has 2 aliphatic rings. The third kappa shape index (κ3) is 2.95. The third-order valence-corrected chi connectivity index (χ3v) is 6.48. The van der Waals surface area contributed by atoms with Gasteiger partial charge in [-0.15, -0.1) is 0 Å². The number of hydrogen-bond donors (Lipinski definition) is 2. The van der Waals surface area contributed by atoms with E-state index in [1.807, 2.05) is 37.3 Å². The lowest BCUT2D eigenvalue weighted by molar-refractivity contribution is -0.0738. The van der Waals surface area contributed by atoms with Crippen molar-refractivity contribution in [2.24, 2.45) is 5.73 Å². The number of ether oxygens (including phenoxy) is 1. The van der Waals surface area contributed by atoms with Gasteiger partial charge in [0.15, 0.2) is 6.73 Å². The summed E-state index contributed by atoms with van der Waals surface area (Å²) in [5.41, 5.74) is 11.3. The molecule has 1 aliphatic carbocycles. The van der Waals surface area contributed by atoms with Crippen LogP contribution in [0.25, 0.3) is 33.9 Å². The highest BCUT2D eigenvalue weighted by molar-refractivity contribution is 5.83. The second-order valence-corrected chi connectivity index (χ2v) is 9.14. The first kappa shape index (κ1) is 19.2. The summed E-state index contributed by atoms with van der Waals surface area (Å²) in [5.74, 6) is 1.45. The van der Waals surface area contributed by atoms with Crippen LogP contribution < -0.4 is 10.5 Å². The minimum absolute atomic E-state index is 0.357. The highest BCUT2D eigenvalue weighted by Crippen LogP contribution is 2.47. The molecule has 160 valence electrons. The van der Waals surface area contributed by atoms with Crippen LogP contribution >= 0.6 is 0 Å². The zero-order chi connectivity index (χ0) is 21.9. The molecule has 0 amide bonds. The third-order valence-electron chi connectivity index (χ3n) is 6.48. The molecule has 0 spiro atoms. The van der Waals surface area contributed by atoms with E-state index in [0.29, 0.717) is 25.5 Å². The molecule has 0 saturated heterocycles. The van der Waals surface area contributed by atoms with Gasteiger partial charge in [-0.1, -0.05) is 54.6 Å². The van der Waals surface area contributed by atoms with E-state index in [0.717, 1.165) is 39.5 Å². The summed E-state index contributed by atoms with van der Waals surface area (Å²) in [7, 11) is 0. The van der Waals surface area contributed by atoms with Crippen LogP contribution in [0.5, 0.6) is 5.88 Å². The smallest absolute Gasteiger partial charge is 0.226 e. The molecule has 0 radical (unpaired) electrons. The van der Waals surface area contributed by atoms with Crippen LogP contribution in [0, 0.1) is 0 Å². The molecule has 6 rings (SSSR count). The van der Waals surface area contributed by atoms with E-state index in [9.17, 15) is 5.11 Å². The number of imidazole rings is 1. The molecule has 1 aliphatic heterocycles. The van der Waals surface area contributed by atoms with Gasteiger partial charge in [0.05, 0.1) is 22.6 Å². The summed E-state index contributed by atoms with van der Waals surface area (Å²) < 4.78 is 8.05. The molecule has 2 aromatic carbocycles. The number of pyridine rings is 1. The fourth-order valence-corrected chi connectivity index (χ4v) is 5.15. The van der Waals surface area contributed by atoms with Gasteiger partial charge in [0.1, 0.15) is 5.82 Å². The van der Waals surface area contributed by atoms with Crippen LogP contribution in [-0.2, 0) is 12.3 Å². The molecule has 0 bridgehead atoms. The zero-order valence-electron chi connectivity index (χ0n) is 17.8. The zero-order valence-corrected chi connectivity index (χ0v) is 17.8. The van der Waals surface area contributed by atoms with Gasteiger partial charge in [0.2, 0.25) is 5.88 Å². The number of fused-ring (bicyclic) bond motifs is 3. The quantitative estimate of drug-likeness (QED) is 0.511. The van der Waals surface area contributed by atoms with Gasteiger partial charge in [-0.2, -0.15) is 0 Å². The molecule has 2 aromatic heterocycles.